The Hall–Kier alpha value is -1.22. The Morgan fingerprint density at radius 1 is 1.41 bits per heavy atom. The molecule has 3 nitrogen and oxygen atoms in total. The van der Waals surface area contributed by atoms with Crippen molar-refractivity contribution in [3.63, 3.8) is 0 Å². The zero-order chi connectivity index (χ0) is 12.8. The molecule has 0 heterocycles. The number of anilines is 1. The highest BCUT2D eigenvalue weighted by molar-refractivity contribution is 5.50. The van der Waals surface area contributed by atoms with Gasteiger partial charge in [-0.05, 0) is 36.7 Å². The molecular weight excluding hydrogens is 212 g/mol. The van der Waals surface area contributed by atoms with E-state index in [1.165, 1.54) is 6.42 Å². The molecule has 0 bridgehead atoms. The van der Waals surface area contributed by atoms with E-state index in [-0.39, 0.29) is 0 Å². The van der Waals surface area contributed by atoms with Crippen molar-refractivity contribution in [3.05, 3.63) is 23.8 Å². The van der Waals surface area contributed by atoms with E-state index in [9.17, 15) is 0 Å². The van der Waals surface area contributed by atoms with E-state index in [0.717, 1.165) is 30.1 Å². The number of nitrogen functional groups attached to an aromatic ring is 1. The van der Waals surface area contributed by atoms with Crippen molar-refractivity contribution < 1.29 is 4.74 Å². The highest BCUT2D eigenvalue weighted by Gasteiger charge is 2.08. The number of ether oxygens (including phenoxy) is 1. The third kappa shape index (κ3) is 4.27. The molecule has 0 spiro atoms. The molecule has 0 aliphatic rings. The van der Waals surface area contributed by atoms with Gasteiger partial charge in [-0.2, -0.15) is 0 Å². The maximum absolute atomic E-state index is 5.97. The Morgan fingerprint density at radius 2 is 2.12 bits per heavy atom. The summed E-state index contributed by atoms with van der Waals surface area (Å²) in [4.78, 5) is 2.30. The van der Waals surface area contributed by atoms with E-state index in [4.69, 9.17) is 10.5 Å². The first-order valence-corrected chi connectivity index (χ1v) is 6.17. The minimum atomic E-state index is 0.715. The Morgan fingerprint density at radius 3 is 2.71 bits per heavy atom. The summed E-state index contributed by atoms with van der Waals surface area (Å²) >= 11 is 0. The minimum absolute atomic E-state index is 0.715. The maximum atomic E-state index is 5.97. The van der Waals surface area contributed by atoms with Crippen LogP contribution in [0.15, 0.2) is 18.2 Å². The van der Waals surface area contributed by atoms with Crippen molar-refractivity contribution >= 4 is 5.69 Å². The number of hydrogen-bond donors (Lipinski definition) is 1. The maximum Gasteiger partial charge on any atom is 0.119 e. The molecule has 1 aromatic rings. The summed E-state index contributed by atoms with van der Waals surface area (Å²) in [7, 11) is 3.81. The Bertz CT molecular complexity index is 352. The van der Waals surface area contributed by atoms with Gasteiger partial charge in [0.25, 0.3) is 0 Å². The van der Waals surface area contributed by atoms with Gasteiger partial charge in [-0.3, -0.25) is 0 Å². The number of hydrogen-bond acceptors (Lipinski definition) is 3. The van der Waals surface area contributed by atoms with Gasteiger partial charge in [-0.25, -0.2) is 0 Å². The zero-order valence-electron chi connectivity index (χ0n) is 11.4. The second-order valence-corrected chi connectivity index (χ2v) is 4.77. The quantitative estimate of drug-likeness (QED) is 0.772. The van der Waals surface area contributed by atoms with E-state index in [0.29, 0.717) is 5.92 Å². The lowest BCUT2D eigenvalue weighted by atomic mass is 10.1. The summed E-state index contributed by atoms with van der Waals surface area (Å²) in [6.07, 6.45) is 1.21. The van der Waals surface area contributed by atoms with Gasteiger partial charge < -0.3 is 15.4 Å². The van der Waals surface area contributed by atoms with Crippen molar-refractivity contribution in [2.24, 2.45) is 5.92 Å². The minimum Gasteiger partial charge on any atom is -0.497 e. The average Bonchev–Trinajstić information content (AvgIpc) is 2.31. The number of methoxy groups -OCH3 is 1. The Balaban J connectivity index is 2.66. The SMILES string of the molecule is CCC(C)CN(C)Cc1cc(OC)ccc1N. The van der Waals surface area contributed by atoms with Crippen LogP contribution in [0.2, 0.25) is 0 Å². The summed E-state index contributed by atoms with van der Waals surface area (Å²) in [6.45, 7) is 6.45. The van der Waals surface area contributed by atoms with Crippen LogP contribution < -0.4 is 10.5 Å². The molecule has 1 unspecified atom stereocenters. The van der Waals surface area contributed by atoms with Crippen molar-refractivity contribution in [1.29, 1.82) is 0 Å². The largest absolute Gasteiger partial charge is 0.497 e. The molecule has 1 rings (SSSR count). The molecule has 1 atom stereocenters. The topological polar surface area (TPSA) is 38.5 Å². The standard InChI is InChI=1S/C14H24N2O/c1-5-11(2)9-16(3)10-12-8-13(17-4)6-7-14(12)15/h6-8,11H,5,9-10,15H2,1-4H3. The van der Waals surface area contributed by atoms with Gasteiger partial charge in [0.1, 0.15) is 5.75 Å². The monoisotopic (exact) mass is 236 g/mol. The van der Waals surface area contributed by atoms with Gasteiger partial charge in [-0.15, -0.1) is 0 Å². The lowest BCUT2D eigenvalue weighted by molar-refractivity contribution is 0.275. The van der Waals surface area contributed by atoms with Gasteiger partial charge in [0.2, 0.25) is 0 Å². The third-order valence-corrected chi connectivity index (χ3v) is 3.11. The molecule has 0 aliphatic heterocycles. The molecule has 3 heteroatoms. The molecule has 0 saturated heterocycles. The van der Waals surface area contributed by atoms with E-state index in [1.54, 1.807) is 7.11 Å². The van der Waals surface area contributed by atoms with Crippen molar-refractivity contribution in [1.82, 2.24) is 4.90 Å². The van der Waals surface area contributed by atoms with Crippen LogP contribution in [0.4, 0.5) is 5.69 Å². The van der Waals surface area contributed by atoms with Gasteiger partial charge >= 0.3 is 0 Å². The van der Waals surface area contributed by atoms with Crippen LogP contribution in [0.3, 0.4) is 0 Å². The zero-order valence-corrected chi connectivity index (χ0v) is 11.4. The van der Waals surface area contributed by atoms with E-state index in [1.807, 2.05) is 18.2 Å². The van der Waals surface area contributed by atoms with Crippen LogP contribution in [0.5, 0.6) is 5.75 Å². The predicted octanol–water partition coefficient (Wildman–Crippen LogP) is 2.76. The van der Waals surface area contributed by atoms with Crippen LogP contribution in [-0.4, -0.2) is 25.6 Å². The summed E-state index contributed by atoms with van der Waals surface area (Å²) < 4.78 is 5.22. The van der Waals surface area contributed by atoms with Gasteiger partial charge in [0, 0.05) is 18.8 Å². The molecule has 0 saturated carbocycles. The van der Waals surface area contributed by atoms with Crippen LogP contribution in [-0.2, 0) is 6.54 Å². The highest BCUT2D eigenvalue weighted by Crippen LogP contribution is 2.21. The Labute approximate surface area is 105 Å². The molecule has 0 radical (unpaired) electrons. The van der Waals surface area contributed by atoms with Crippen LogP contribution in [0.1, 0.15) is 25.8 Å². The Kier molecular flexibility index (Phi) is 5.29. The predicted molar refractivity (Wildman–Crippen MR) is 73.2 cm³/mol. The van der Waals surface area contributed by atoms with E-state index in [2.05, 4.69) is 25.8 Å². The van der Waals surface area contributed by atoms with Crippen LogP contribution in [0.25, 0.3) is 0 Å². The van der Waals surface area contributed by atoms with Gasteiger partial charge in [0.15, 0.2) is 0 Å². The lowest BCUT2D eigenvalue weighted by Crippen LogP contribution is -2.24. The summed E-state index contributed by atoms with van der Waals surface area (Å²) in [6, 6.07) is 5.82. The fourth-order valence-electron chi connectivity index (χ4n) is 1.86. The number of nitrogens with two attached hydrogens (primary N) is 1. The fourth-order valence-corrected chi connectivity index (χ4v) is 1.86. The van der Waals surface area contributed by atoms with Crippen LogP contribution in [0, 0.1) is 5.92 Å². The normalized spacial score (nSPS) is 12.8. The molecule has 96 valence electrons. The average molecular weight is 236 g/mol. The molecule has 1 aromatic carbocycles. The van der Waals surface area contributed by atoms with E-state index < -0.39 is 0 Å². The summed E-state index contributed by atoms with van der Waals surface area (Å²) in [5.41, 5.74) is 7.94. The second kappa shape index (κ2) is 6.50. The summed E-state index contributed by atoms with van der Waals surface area (Å²) in [5, 5.41) is 0. The molecule has 0 fully saturated rings. The van der Waals surface area contributed by atoms with E-state index >= 15 is 0 Å². The first kappa shape index (κ1) is 13.8. The highest BCUT2D eigenvalue weighted by atomic mass is 16.5. The van der Waals surface area contributed by atoms with Crippen molar-refractivity contribution in [2.75, 3.05) is 26.4 Å². The van der Waals surface area contributed by atoms with Crippen molar-refractivity contribution in [2.45, 2.75) is 26.8 Å². The smallest absolute Gasteiger partial charge is 0.119 e. The molecular formula is C14H24N2O. The van der Waals surface area contributed by atoms with Gasteiger partial charge in [0.05, 0.1) is 7.11 Å². The first-order valence-electron chi connectivity index (χ1n) is 6.17. The molecule has 0 aliphatic carbocycles. The molecule has 17 heavy (non-hydrogen) atoms. The lowest BCUT2D eigenvalue weighted by Gasteiger charge is -2.21. The van der Waals surface area contributed by atoms with Crippen molar-refractivity contribution in [3.8, 4) is 5.75 Å². The third-order valence-electron chi connectivity index (χ3n) is 3.11. The first-order chi connectivity index (χ1) is 8.06. The fraction of sp³-hybridized carbons (Fsp3) is 0.571. The summed E-state index contributed by atoms with van der Waals surface area (Å²) in [5.74, 6) is 1.58. The van der Waals surface area contributed by atoms with Gasteiger partial charge in [-0.1, -0.05) is 20.3 Å². The number of benzene rings is 1. The molecule has 0 aromatic heterocycles. The number of nitrogens with zero attached hydrogens (tertiary/aromatic N) is 1. The van der Waals surface area contributed by atoms with Crippen LogP contribution >= 0.6 is 0 Å². The number of rotatable bonds is 6. The second-order valence-electron chi connectivity index (χ2n) is 4.77. The molecule has 2 N–H and O–H groups in total. The molecule has 0 amide bonds.